The van der Waals surface area contributed by atoms with E-state index in [0.29, 0.717) is 12.5 Å². The Kier molecular flexibility index (Phi) is 8.64. The Morgan fingerprint density at radius 1 is 1.27 bits per heavy atom. The van der Waals surface area contributed by atoms with Crippen LogP contribution in [0.25, 0.3) is 0 Å². The topological polar surface area (TPSA) is 46.5 Å². The van der Waals surface area contributed by atoms with Gasteiger partial charge in [-0.25, -0.2) is 0 Å². The summed E-state index contributed by atoms with van der Waals surface area (Å²) in [5.41, 5.74) is 0. The van der Waals surface area contributed by atoms with Crippen molar-refractivity contribution in [2.45, 2.75) is 25.7 Å². The summed E-state index contributed by atoms with van der Waals surface area (Å²) < 4.78 is 14.4. The quantitative estimate of drug-likeness (QED) is 0.389. The van der Waals surface area contributed by atoms with Crippen LogP contribution in [0.5, 0.6) is 0 Å². The summed E-state index contributed by atoms with van der Waals surface area (Å²) in [5, 5.41) is 0. The van der Waals surface area contributed by atoms with E-state index in [9.17, 15) is 4.57 Å². The maximum Gasteiger partial charge on any atom is 0.694 e. The molecule has 0 amide bonds. The normalized spacial score (nSPS) is 11.6. The molecule has 0 aromatic rings. The van der Waals surface area contributed by atoms with Gasteiger partial charge in [0, 0.05) is 10.4 Å². The van der Waals surface area contributed by atoms with Crippen LogP contribution >= 0.6 is 19.9 Å². The van der Waals surface area contributed by atoms with E-state index < -0.39 is 8.25 Å². The molecular weight excluding hydrogens is 186 g/mol. The summed E-state index contributed by atoms with van der Waals surface area (Å²) >= 11 is 5.45. The first-order chi connectivity index (χ1) is 5.27. The van der Waals surface area contributed by atoms with Crippen molar-refractivity contribution < 1.29 is 14.0 Å². The molecule has 0 aromatic heterocycles. The Bertz CT molecular complexity index is 110. The second-order valence-electron chi connectivity index (χ2n) is 2.17. The SMILES string of the molecule is O=[P+](O)OCCCCCCCl. The van der Waals surface area contributed by atoms with Gasteiger partial charge in [-0.15, -0.1) is 21.0 Å². The molecule has 0 heterocycles. The molecule has 1 N–H and O–H groups in total. The molecule has 0 saturated carbocycles. The molecule has 0 aliphatic heterocycles. The van der Waals surface area contributed by atoms with Crippen LogP contribution in [-0.2, 0) is 9.09 Å². The van der Waals surface area contributed by atoms with Gasteiger partial charge in [-0.3, -0.25) is 0 Å². The largest absolute Gasteiger partial charge is 0.694 e. The summed E-state index contributed by atoms with van der Waals surface area (Å²) in [4.78, 5) is 8.22. The van der Waals surface area contributed by atoms with Crippen LogP contribution in [0.1, 0.15) is 25.7 Å². The Balaban J connectivity index is 2.85. The van der Waals surface area contributed by atoms with Gasteiger partial charge < -0.3 is 0 Å². The summed E-state index contributed by atoms with van der Waals surface area (Å²) in [6.45, 7) is 0.369. The van der Waals surface area contributed by atoms with Crippen LogP contribution in [0.2, 0.25) is 0 Å². The number of hydrogen-bond donors (Lipinski definition) is 1. The van der Waals surface area contributed by atoms with Crippen molar-refractivity contribution in [1.29, 1.82) is 0 Å². The van der Waals surface area contributed by atoms with Crippen LogP contribution in [0, 0.1) is 0 Å². The molecule has 0 radical (unpaired) electrons. The number of halogens is 1. The standard InChI is InChI=1S/C6H12ClO3P/c7-5-3-1-2-4-6-10-11(8)9/h1-6H2/p+1. The average molecular weight is 200 g/mol. The third kappa shape index (κ3) is 10.3. The minimum Gasteiger partial charge on any atom is -0.133 e. The van der Waals surface area contributed by atoms with Crippen LogP contribution in [0.15, 0.2) is 0 Å². The molecule has 1 unspecified atom stereocenters. The van der Waals surface area contributed by atoms with Crippen molar-refractivity contribution in [3.8, 4) is 0 Å². The highest BCUT2D eigenvalue weighted by atomic mass is 35.5. The van der Waals surface area contributed by atoms with Gasteiger partial charge in [0.2, 0.25) is 0 Å². The molecular formula is C6H13ClO3P+. The van der Waals surface area contributed by atoms with Crippen molar-refractivity contribution in [2.75, 3.05) is 12.5 Å². The average Bonchev–Trinajstić information content (AvgIpc) is 1.96. The van der Waals surface area contributed by atoms with E-state index in [2.05, 4.69) is 4.52 Å². The lowest BCUT2D eigenvalue weighted by molar-refractivity contribution is 0.274. The zero-order chi connectivity index (χ0) is 8.53. The fraction of sp³-hybridized carbons (Fsp3) is 1.00. The summed E-state index contributed by atoms with van der Waals surface area (Å²) in [6.07, 6.45) is 3.91. The molecule has 0 aliphatic rings. The van der Waals surface area contributed by atoms with Crippen molar-refractivity contribution >= 4 is 19.9 Å². The van der Waals surface area contributed by atoms with Crippen molar-refractivity contribution in [2.24, 2.45) is 0 Å². The Hall–Kier alpha value is 0.310. The highest BCUT2D eigenvalue weighted by Crippen LogP contribution is 2.15. The maximum absolute atomic E-state index is 9.99. The fourth-order valence-corrected chi connectivity index (χ4v) is 1.17. The highest BCUT2D eigenvalue weighted by molar-refractivity contribution is 7.32. The molecule has 5 heteroatoms. The molecule has 0 aromatic carbocycles. The van der Waals surface area contributed by atoms with Crippen molar-refractivity contribution in [1.82, 2.24) is 0 Å². The van der Waals surface area contributed by atoms with E-state index in [-0.39, 0.29) is 0 Å². The van der Waals surface area contributed by atoms with E-state index in [1.165, 1.54) is 0 Å². The second kappa shape index (κ2) is 8.41. The molecule has 3 nitrogen and oxygen atoms in total. The van der Waals surface area contributed by atoms with E-state index in [4.69, 9.17) is 16.5 Å². The van der Waals surface area contributed by atoms with E-state index in [1.807, 2.05) is 0 Å². The monoisotopic (exact) mass is 199 g/mol. The van der Waals surface area contributed by atoms with Gasteiger partial charge in [-0.1, -0.05) is 12.8 Å². The third-order valence-electron chi connectivity index (χ3n) is 1.23. The molecule has 0 rings (SSSR count). The molecule has 1 atom stereocenters. The molecule has 0 fully saturated rings. The van der Waals surface area contributed by atoms with Crippen LogP contribution < -0.4 is 0 Å². The predicted octanol–water partition coefficient (Wildman–Crippen LogP) is 2.45. The minimum absolute atomic E-state index is 0.369. The lowest BCUT2D eigenvalue weighted by Crippen LogP contribution is -1.87. The van der Waals surface area contributed by atoms with Crippen molar-refractivity contribution in [3.05, 3.63) is 0 Å². The molecule has 0 aliphatic carbocycles. The van der Waals surface area contributed by atoms with Gasteiger partial charge in [0.05, 0.1) is 0 Å². The number of unbranched alkanes of at least 4 members (excludes halogenated alkanes) is 3. The van der Waals surface area contributed by atoms with Gasteiger partial charge in [-0.05, 0) is 12.8 Å². The Morgan fingerprint density at radius 2 is 1.91 bits per heavy atom. The zero-order valence-corrected chi connectivity index (χ0v) is 7.98. The predicted molar refractivity (Wildman–Crippen MR) is 45.0 cm³/mol. The van der Waals surface area contributed by atoms with Gasteiger partial charge in [-0.2, -0.15) is 0 Å². The zero-order valence-electron chi connectivity index (χ0n) is 6.33. The molecule has 0 spiro atoms. The molecule has 66 valence electrons. The Morgan fingerprint density at radius 3 is 2.45 bits per heavy atom. The van der Waals surface area contributed by atoms with E-state index >= 15 is 0 Å². The lowest BCUT2D eigenvalue weighted by Gasteiger charge is -1.93. The van der Waals surface area contributed by atoms with E-state index in [0.717, 1.165) is 25.7 Å². The van der Waals surface area contributed by atoms with Crippen LogP contribution in [-0.4, -0.2) is 17.4 Å². The van der Waals surface area contributed by atoms with Gasteiger partial charge >= 0.3 is 8.25 Å². The van der Waals surface area contributed by atoms with Gasteiger partial charge in [0.15, 0.2) is 0 Å². The van der Waals surface area contributed by atoms with E-state index in [1.54, 1.807) is 0 Å². The molecule has 0 bridgehead atoms. The molecule has 0 saturated heterocycles. The number of rotatable bonds is 7. The second-order valence-corrected chi connectivity index (χ2v) is 3.29. The Labute approximate surface area is 72.7 Å². The highest BCUT2D eigenvalue weighted by Gasteiger charge is 2.09. The first-order valence-corrected chi connectivity index (χ1v) is 5.29. The summed E-state index contributed by atoms with van der Waals surface area (Å²) in [7, 11) is -2.40. The van der Waals surface area contributed by atoms with Crippen molar-refractivity contribution in [3.63, 3.8) is 0 Å². The smallest absolute Gasteiger partial charge is 0.133 e. The number of hydrogen-bond acceptors (Lipinski definition) is 2. The first kappa shape index (κ1) is 11.3. The first-order valence-electron chi connectivity index (χ1n) is 3.62. The molecule has 11 heavy (non-hydrogen) atoms. The number of alkyl halides is 1. The lowest BCUT2D eigenvalue weighted by atomic mass is 10.2. The fourth-order valence-electron chi connectivity index (χ4n) is 0.693. The van der Waals surface area contributed by atoms with Gasteiger partial charge in [0.1, 0.15) is 6.61 Å². The van der Waals surface area contributed by atoms with Crippen LogP contribution in [0.4, 0.5) is 0 Å². The van der Waals surface area contributed by atoms with Gasteiger partial charge in [0.25, 0.3) is 0 Å². The minimum atomic E-state index is -2.40. The summed E-state index contributed by atoms with van der Waals surface area (Å²) in [5.74, 6) is 0.690. The summed E-state index contributed by atoms with van der Waals surface area (Å²) in [6, 6.07) is 0. The maximum atomic E-state index is 9.99. The third-order valence-corrected chi connectivity index (χ3v) is 1.90. The van der Waals surface area contributed by atoms with Crippen LogP contribution in [0.3, 0.4) is 0 Å².